The van der Waals surface area contributed by atoms with Gasteiger partial charge in [0.2, 0.25) is 6.23 Å². The summed E-state index contributed by atoms with van der Waals surface area (Å²) in [4.78, 5) is 28.1. The van der Waals surface area contributed by atoms with Gasteiger partial charge in [-0.3, -0.25) is 4.79 Å². The molecule has 1 fully saturated rings. The highest BCUT2D eigenvalue weighted by molar-refractivity contribution is 7.07. The fourth-order valence-corrected chi connectivity index (χ4v) is 4.06. The van der Waals surface area contributed by atoms with Crippen molar-refractivity contribution in [2.45, 2.75) is 19.1 Å². The molecule has 0 spiro atoms. The fraction of sp³-hybridized carbons (Fsp3) is 0.250. The van der Waals surface area contributed by atoms with Crippen molar-refractivity contribution in [3.63, 3.8) is 0 Å². The van der Waals surface area contributed by atoms with Crippen LogP contribution in [0.5, 0.6) is 11.5 Å². The van der Waals surface area contributed by atoms with Gasteiger partial charge >= 0.3 is 5.97 Å². The molecule has 0 saturated heterocycles. The van der Waals surface area contributed by atoms with E-state index in [1.54, 1.807) is 22.2 Å². The van der Waals surface area contributed by atoms with E-state index in [1.807, 2.05) is 5.38 Å². The van der Waals surface area contributed by atoms with Gasteiger partial charge in [-0.25, -0.2) is 9.78 Å². The Morgan fingerprint density at radius 2 is 2.21 bits per heavy atom. The summed E-state index contributed by atoms with van der Waals surface area (Å²) in [5.74, 6) is 0.294. The lowest BCUT2D eigenvalue weighted by Gasteiger charge is -2.31. The van der Waals surface area contributed by atoms with Crippen LogP contribution >= 0.6 is 22.9 Å². The molecular weight excluding hydrogens is 416 g/mol. The monoisotopic (exact) mass is 430 g/mol. The number of fused-ring (bicyclic) bond motifs is 3. The average molecular weight is 431 g/mol. The second kappa shape index (κ2) is 6.89. The van der Waals surface area contributed by atoms with Crippen molar-refractivity contribution in [2.75, 3.05) is 6.61 Å². The molecule has 1 atom stereocenters. The predicted molar refractivity (Wildman–Crippen MR) is 107 cm³/mol. The summed E-state index contributed by atoms with van der Waals surface area (Å²) in [5, 5.41) is 11.6. The van der Waals surface area contributed by atoms with Gasteiger partial charge < -0.3 is 19.1 Å². The number of aromatic nitrogens is 2. The molecular formula is C20H15ClN2O5S. The average Bonchev–Trinajstić information content (AvgIpc) is 3.36. The normalized spacial score (nSPS) is 17.2. The van der Waals surface area contributed by atoms with Crippen LogP contribution in [0.15, 0.2) is 40.1 Å². The van der Waals surface area contributed by atoms with Gasteiger partial charge in [0, 0.05) is 29.3 Å². The lowest BCUT2D eigenvalue weighted by Crippen LogP contribution is -2.28. The van der Waals surface area contributed by atoms with Crippen LogP contribution in [-0.4, -0.2) is 27.2 Å². The van der Waals surface area contributed by atoms with E-state index in [1.165, 1.54) is 23.6 Å². The summed E-state index contributed by atoms with van der Waals surface area (Å²) in [6, 6.07) is 4.70. The van der Waals surface area contributed by atoms with E-state index >= 15 is 0 Å². The third kappa shape index (κ3) is 3.28. The number of nitrogens with zero attached hydrogens (tertiary/aromatic N) is 2. The van der Waals surface area contributed by atoms with E-state index in [0.717, 1.165) is 12.8 Å². The van der Waals surface area contributed by atoms with Crippen LogP contribution in [0, 0.1) is 5.92 Å². The number of carboxylic acid groups (broad SMARTS) is 1. The molecule has 0 radical (unpaired) electrons. The standard InChI is InChI=1S/C20H15ClN2O5S/c21-13-3-11-15-4-16(24)12(20(25)26)6-23(15)19(14-8-29-9-22-14)28-17(11)5-18(13)27-7-10-1-2-10/h3-6,8-10,19H,1-2,7H2,(H,25,26). The number of carboxylic acids is 1. The minimum atomic E-state index is -1.30. The van der Waals surface area contributed by atoms with Gasteiger partial charge in [0.15, 0.2) is 5.43 Å². The molecule has 1 unspecified atom stereocenters. The van der Waals surface area contributed by atoms with Crippen LogP contribution < -0.4 is 14.9 Å². The molecule has 1 N–H and O–H groups in total. The Balaban J connectivity index is 1.66. The summed E-state index contributed by atoms with van der Waals surface area (Å²) in [7, 11) is 0. The fourth-order valence-electron chi connectivity index (χ4n) is 3.28. The number of pyridine rings is 1. The number of thiazole rings is 1. The number of rotatable bonds is 5. The summed E-state index contributed by atoms with van der Waals surface area (Å²) in [6.45, 7) is 0.603. The molecule has 148 valence electrons. The van der Waals surface area contributed by atoms with Crippen molar-refractivity contribution < 1.29 is 19.4 Å². The smallest absolute Gasteiger partial charge is 0.341 e. The Kier molecular flexibility index (Phi) is 4.33. The van der Waals surface area contributed by atoms with Crippen LogP contribution in [0.25, 0.3) is 11.3 Å². The van der Waals surface area contributed by atoms with Gasteiger partial charge in [-0.15, -0.1) is 11.3 Å². The lowest BCUT2D eigenvalue weighted by atomic mass is 10.1. The third-order valence-electron chi connectivity index (χ3n) is 4.99. The second-order valence-electron chi connectivity index (χ2n) is 7.07. The number of aromatic carboxylic acids is 1. The molecule has 5 rings (SSSR count). The van der Waals surface area contributed by atoms with E-state index in [-0.39, 0.29) is 5.56 Å². The van der Waals surface area contributed by atoms with Crippen molar-refractivity contribution in [3.05, 3.63) is 61.8 Å². The molecule has 9 heteroatoms. The Bertz CT molecular complexity index is 1170. The molecule has 7 nitrogen and oxygen atoms in total. The van der Waals surface area contributed by atoms with Crippen molar-refractivity contribution in [1.82, 2.24) is 9.55 Å². The van der Waals surface area contributed by atoms with E-state index in [0.29, 0.717) is 46.0 Å². The van der Waals surface area contributed by atoms with Gasteiger partial charge in [0.05, 0.1) is 22.8 Å². The van der Waals surface area contributed by atoms with Crippen LogP contribution in [-0.2, 0) is 0 Å². The first-order valence-corrected chi connectivity index (χ1v) is 10.3. The maximum absolute atomic E-state index is 12.4. The van der Waals surface area contributed by atoms with Crippen molar-refractivity contribution in [1.29, 1.82) is 0 Å². The number of hydrogen-bond acceptors (Lipinski definition) is 6. The summed E-state index contributed by atoms with van der Waals surface area (Å²) in [6.07, 6.45) is 2.90. The van der Waals surface area contributed by atoms with Crippen molar-refractivity contribution >= 4 is 28.9 Å². The zero-order valence-electron chi connectivity index (χ0n) is 15.0. The number of carbonyl (C=O) groups is 1. The van der Waals surface area contributed by atoms with Crippen LogP contribution in [0.2, 0.25) is 5.02 Å². The first kappa shape index (κ1) is 18.2. The molecule has 2 aromatic heterocycles. The van der Waals surface area contributed by atoms with E-state index in [2.05, 4.69) is 4.98 Å². The van der Waals surface area contributed by atoms with Crippen LogP contribution in [0.1, 0.15) is 35.1 Å². The highest BCUT2D eigenvalue weighted by atomic mass is 35.5. The predicted octanol–water partition coefficient (Wildman–Crippen LogP) is 4.05. The minimum Gasteiger partial charge on any atom is -0.492 e. The minimum absolute atomic E-state index is 0.337. The SMILES string of the molecule is O=C(O)c1cn2c(cc1=O)-c1cc(Cl)c(OCC3CC3)cc1OC2c1cscn1. The molecule has 1 saturated carbocycles. The quantitative estimate of drug-likeness (QED) is 0.656. The Morgan fingerprint density at radius 1 is 1.38 bits per heavy atom. The summed E-state index contributed by atoms with van der Waals surface area (Å²) >= 11 is 7.81. The highest BCUT2D eigenvalue weighted by Crippen LogP contribution is 2.45. The molecule has 1 aromatic carbocycles. The Hall–Kier alpha value is -2.84. The lowest BCUT2D eigenvalue weighted by molar-refractivity contribution is 0.0693. The summed E-state index contributed by atoms with van der Waals surface area (Å²) < 4.78 is 13.6. The van der Waals surface area contributed by atoms with Gasteiger partial charge in [0.25, 0.3) is 0 Å². The highest BCUT2D eigenvalue weighted by Gasteiger charge is 2.31. The molecule has 1 aliphatic carbocycles. The van der Waals surface area contributed by atoms with Crippen molar-refractivity contribution in [3.8, 4) is 22.8 Å². The molecule has 29 heavy (non-hydrogen) atoms. The largest absolute Gasteiger partial charge is 0.492 e. The van der Waals surface area contributed by atoms with Gasteiger partial charge in [-0.2, -0.15) is 0 Å². The molecule has 0 bridgehead atoms. The van der Waals surface area contributed by atoms with Crippen LogP contribution in [0.3, 0.4) is 0 Å². The van der Waals surface area contributed by atoms with E-state index in [9.17, 15) is 14.7 Å². The molecule has 3 heterocycles. The maximum Gasteiger partial charge on any atom is 0.341 e. The number of hydrogen-bond donors (Lipinski definition) is 1. The number of ether oxygens (including phenoxy) is 2. The number of benzene rings is 1. The summed E-state index contributed by atoms with van der Waals surface area (Å²) in [5.41, 5.74) is 2.46. The van der Waals surface area contributed by atoms with Crippen LogP contribution in [0.4, 0.5) is 0 Å². The molecule has 1 aliphatic heterocycles. The van der Waals surface area contributed by atoms with E-state index < -0.39 is 17.6 Å². The third-order valence-corrected chi connectivity index (χ3v) is 5.89. The van der Waals surface area contributed by atoms with Gasteiger partial charge in [-0.05, 0) is 24.8 Å². The second-order valence-corrected chi connectivity index (χ2v) is 8.19. The molecule has 0 amide bonds. The first-order valence-electron chi connectivity index (χ1n) is 9.02. The van der Waals surface area contributed by atoms with Gasteiger partial charge in [-0.1, -0.05) is 11.6 Å². The zero-order chi connectivity index (χ0) is 20.1. The molecule has 2 aliphatic rings. The maximum atomic E-state index is 12.4. The van der Waals surface area contributed by atoms with Crippen molar-refractivity contribution in [2.24, 2.45) is 5.92 Å². The Morgan fingerprint density at radius 3 is 2.90 bits per heavy atom. The zero-order valence-corrected chi connectivity index (χ0v) is 16.6. The van der Waals surface area contributed by atoms with E-state index in [4.69, 9.17) is 21.1 Å². The number of halogens is 1. The topological polar surface area (TPSA) is 90.7 Å². The van der Waals surface area contributed by atoms with Gasteiger partial charge in [0.1, 0.15) is 22.8 Å². The molecule has 3 aromatic rings. The first-order chi connectivity index (χ1) is 14.0. The Labute approximate surface area is 174 Å².